The standard InChI is InChI=1S/C22H27N3O3/c1-4-21(26)23-17-13-20(25(3)14-17)22(27)24-16-7-11-19(12-8-16)28-18-9-5-15(2)6-10-18/h5-12,17,20H,4,13-14H2,1-3H3,(H,23,26)(H,24,27)/t17-,20+/m1/s1. The summed E-state index contributed by atoms with van der Waals surface area (Å²) >= 11 is 0. The molecule has 3 rings (SSSR count). The number of ether oxygens (including phenoxy) is 1. The number of nitrogens with one attached hydrogen (secondary N) is 2. The number of anilines is 1. The highest BCUT2D eigenvalue weighted by molar-refractivity contribution is 5.95. The van der Waals surface area contributed by atoms with E-state index in [1.165, 1.54) is 5.56 Å². The first-order valence-corrected chi connectivity index (χ1v) is 9.59. The number of benzene rings is 2. The largest absolute Gasteiger partial charge is 0.457 e. The molecule has 6 heteroatoms. The van der Waals surface area contributed by atoms with Gasteiger partial charge in [0.1, 0.15) is 11.5 Å². The summed E-state index contributed by atoms with van der Waals surface area (Å²) in [4.78, 5) is 26.2. The Morgan fingerprint density at radius 3 is 2.29 bits per heavy atom. The van der Waals surface area contributed by atoms with Gasteiger partial charge in [-0.15, -0.1) is 0 Å². The maximum Gasteiger partial charge on any atom is 0.241 e. The minimum Gasteiger partial charge on any atom is -0.457 e. The Hall–Kier alpha value is -2.86. The van der Waals surface area contributed by atoms with E-state index in [2.05, 4.69) is 10.6 Å². The molecule has 2 amide bonds. The van der Waals surface area contributed by atoms with Crippen molar-refractivity contribution < 1.29 is 14.3 Å². The number of likely N-dealkylation sites (N-methyl/N-ethyl adjacent to an activating group) is 1. The van der Waals surface area contributed by atoms with E-state index in [4.69, 9.17) is 4.74 Å². The van der Waals surface area contributed by atoms with E-state index >= 15 is 0 Å². The van der Waals surface area contributed by atoms with E-state index in [1.54, 1.807) is 0 Å². The molecule has 6 nitrogen and oxygen atoms in total. The van der Waals surface area contributed by atoms with Crippen LogP contribution >= 0.6 is 0 Å². The van der Waals surface area contributed by atoms with Gasteiger partial charge in [0.25, 0.3) is 0 Å². The van der Waals surface area contributed by atoms with Crippen molar-refractivity contribution in [3.05, 3.63) is 54.1 Å². The molecule has 28 heavy (non-hydrogen) atoms. The molecular weight excluding hydrogens is 354 g/mol. The number of hydrogen-bond acceptors (Lipinski definition) is 4. The van der Waals surface area contributed by atoms with Gasteiger partial charge in [-0.25, -0.2) is 0 Å². The molecular formula is C22H27N3O3. The van der Waals surface area contributed by atoms with Crippen molar-refractivity contribution in [1.82, 2.24) is 10.2 Å². The number of hydrogen-bond donors (Lipinski definition) is 2. The number of likely N-dealkylation sites (tertiary alicyclic amines) is 1. The maximum absolute atomic E-state index is 12.6. The molecule has 0 bridgehead atoms. The van der Waals surface area contributed by atoms with Crippen LogP contribution in [0, 0.1) is 6.92 Å². The summed E-state index contributed by atoms with van der Waals surface area (Å²) in [6.07, 6.45) is 1.07. The minimum atomic E-state index is -0.259. The summed E-state index contributed by atoms with van der Waals surface area (Å²) in [5, 5.41) is 5.92. The highest BCUT2D eigenvalue weighted by Gasteiger charge is 2.35. The normalized spacial score (nSPS) is 19.2. The zero-order valence-corrected chi connectivity index (χ0v) is 16.6. The fraction of sp³-hybridized carbons (Fsp3) is 0.364. The number of carbonyl (C=O) groups excluding carboxylic acids is 2. The van der Waals surface area contributed by atoms with Gasteiger partial charge in [0.2, 0.25) is 11.8 Å². The molecule has 0 spiro atoms. The zero-order valence-electron chi connectivity index (χ0n) is 16.6. The lowest BCUT2D eigenvalue weighted by Gasteiger charge is -2.18. The van der Waals surface area contributed by atoms with Gasteiger partial charge in [-0.2, -0.15) is 0 Å². The third kappa shape index (κ3) is 5.10. The zero-order chi connectivity index (χ0) is 20.1. The predicted octanol–water partition coefficient (Wildman–Crippen LogP) is 3.32. The van der Waals surface area contributed by atoms with Gasteiger partial charge in [0.05, 0.1) is 6.04 Å². The van der Waals surface area contributed by atoms with E-state index in [9.17, 15) is 9.59 Å². The second kappa shape index (κ2) is 8.89. The predicted molar refractivity (Wildman–Crippen MR) is 110 cm³/mol. The van der Waals surface area contributed by atoms with E-state index in [1.807, 2.05) is 74.3 Å². The SMILES string of the molecule is CCC(=O)N[C@@H]1C[C@@H](C(=O)Nc2ccc(Oc3ccc(C)cc3)cc2)N(C)C1. The van der Waals surface area contributed by atoms with Crippen LogP contribution in [0.2, 0.25) is 0 Å². The molecule has 0 unspecified atom stereocenters. The summed E-state index contributed by atoms with van der Waals surface area (Å²) < 4.78 is 5.81. The fourth-order valence-corrected chi connectivity index (χ4v) is 3.31. The van der Waals surface area contributed by atoms with Crippen molar-refractivity contribution in [3.63, 3.8) is 0 Å². The van der Waals surface area contributed by atoms with Gasteiger partial charge in [-0.05, 0) is 56.8 Å². The fourth-order valence-electron chi connectivity index (χ4n) is 3.31. The molecule has 1 heterocycles. The van der Waals surface area contributed by atoms with Gasteiger partial charge in [-0.3, -0.25) is 14.5 Å². The Balaban J connectivity index is 1.55. The minimum absolute atomic E-state index is 0.0125. The lowest BCUT2D eigenvalue weighted by molar-refractivity contribution is -0.122. The number of carbonyl (C=O) groups is 2. The van der Waals surface area contributed by atoms with Gasteiger partial charge >= 0.3 is 0 Å². The molecule has 0 aliphatic carbocycles. The third-order valence-corrected chi connectivity index (χ3v) is 4.92. The summed E-state index contributed by atoms with van der Waals surface area (Å²) in [5.41, 5.74) is 1.90. The van der Waals surface area contributed by atoms with Crippen molar-refractivity contribution in [2.45, 2.75) is 38.8 Å². The second-order valence-electron chi connectivity index (χ2n) is 7.24. The molecule has 0 radical (unpaired) electrons. The summed E-state index contributed by atoms with van der Waals surface area (Å²) in [5.74, 6) is 1.43. The van der Waals surface area contributed by atoms with Crippen molar-refractivity contribution in [2.75, 3.05) is 18.9 Å². The summed E-state index contributed by atoms with van der Waals surface area (Å²) in [6.45, 7) is 4.53. The van der Waals surface area contributed by atoms with Crippen molar-refractivity contribution in [1.29, 1.82) is 0 Å². The van der Waals surface area contributed by atoms with Crippen LogP contribution in [-0.2, 0) is 9.59 Å². The Labute approximate surface area is 165 Å². The Morgan fingerprint density at radius 2 is 1.68 bits per heavy atom. The van der Waals surface area contributed by atoms with E-state index < -0.39 is 0 Å². The molecule has 2 N–H and O–H groups in total. The van der Waals surface area contributed by atoms with Crippen LogP contribution in [0.15, 0.2) is 48.5 Å². The van der Waals surface area contributed by atoms with Gasteiger partial charge in [0.15, 0.2) is 0 Å². The first kappa shape index (κ1) is 19.9. The van der Waals surface area contributed by atoms with Crippen LogP contribution in [0.1, 0.15) is 25.3 Å². The first-order chi connectivity index (χ1) is 13.4. The Kier molecular flexibility index (Phi) is 6.31. The third-order valence-electron chi connectivity index (χ3n) is 4.92. The maximum atomic E-state index is 12.6. The first-order valence-electron chi connectivity index (χ1n) is 9.59. The van der Waals surface area contributed by atoms with Crippen LogP contribution in [0.4, 0.5) is 5.69 Å². The van der Waals surface area contributed by atoms with Crippen LogP contribution < -0.4 is 15.4 Å². The lowest BCUT2D eigenvalue weighted by atomic mass is 10.1. The molecule has 1 saturated heterocycles. The van der Waals surface area contributed by atoms with Crippen molar-refractivity contribution in [2.24, 2.45) is 0 Å². The molecule has 2 aromatic rings. The molecule has 2 atom stereocenters. The van der Waals surface area contributed by atoms with Crippen molar-refractivity contribution in [3.8, 4) is 11.5 Å². The van der Waals surface area contributed by atoms with Crippen LogP contribution in [0.5, 0.6) is 11.5 Å². The van der Waals surface area contributed by atoms with Gasteiger partial charge in [-0.1, -0.05) is 24.6 Å². The molecule has 0 saturated carbocycles. The van der Waals surface area contributed by atoms with E-state index in [-0.39, 0.29) is 23.9 Å². The number of aryl methyl sites for hydroxylation is 1. The topological polar surface area (TPSA) is 70.7 Å². The molecule has 1 fully saturated rings. The molecule has 148 valence electrons. The molecule has 1 aliphatic rings. The van der Waals surface area contributed by atoms with Gasteiger partial charge < -0.3 is 15.4 Å². The number of amides is 2. The average Bonchev–Trinajstić information content (AvgIpc) is 3.05. The quantitative estimate of drug-likeness (QED) is 0.805. The Bertz CT molecular complexity index is 818. The smallest absolute Gasteiger partial charge is 0.241 e. The lowest BCUT2D eigenvalue weighted by Crippen LogP contribution is -2.37. The van der Waals surface area contributed by atoms with E-state index in [0.717, 1.165) is 11.4 Å². The van der Waals surface area contributed by atoms with Crippen LogP contribution in [-0.4, -0.2) is 42.4 Å². The highest BCUT2D eigenvalue weighted by atomic mass is 16.5. The molecule has 2 aromatic carbocycles. The van der Waals surface area contributed by atoms with E-state index in [0.29, 0.717) is 25.1 Å². The molecule has 1 aliphatic heterocycles. The second-order valence-corrected chi connectivity index (χ2v) is 7.24. The number of rotatable bonds is 6. The highest BCUT2D eigenvalue weighted by Crippen LogP contribution is 2.24. The average molecular weight is 381 g/mol. The van der Waals surface area contributed by atoms with Crippen LogP contribution in [0.3, 0.4) is 0 Å². The summed E-state index contributed by atoms with van der Waals surface area (Å²) in [6, 6.07) is 14.9. The monoisotopic (exact) mass is 381 g/mol. The van der Waals surface area contributed by atoms with Crippen molar-refractivity contribution >= 4 is 17.5 Å². The molecule has 0 aromatic heterocycles. The summed E-state index contributed by atoms with van der Waals surface area (Å²) in [7, 11) is 1.90. The Morgan fingerprint density at radius 1 is 1.07 bits per heavy atom. The van der Waals surface area contributed by atoms with Crippen LogP contribution in [0.25, 0.3) is 0 Å². The number of nitrogens with zero attached hydrogens (tertiary/aromatic N) is 1. The van der Waals surface area contributed by atoms with Gasteiger partial charge in [0, 0.05) is 24.7 Å².